The summed E-state index contributed by atoms with van der Waals surface area (Å²) in [5.41, 5.74) is 2.62. The Morgan fingerprint density at radius 1 is 0.971 bits per heavy atom. The molecule has 8 heteroatoms. The fourth-order valence-corrected chi connectivity index (χ4v) is 3.48. The first-order valence-corrected chi connectivity index (χ1v) is 10.8. The van der Waals surface area contributed by atoms with E-state index in [9.17, 15) is 9.59 Å². The molecule has 0 unspecified atom stereocenters. The SMILES string of the molecule is COc1ccc(-c2nn(-c3ccccc3)cc2C(=O)OCC(=O)N(CC#N)c2ccccc2)cc1. The predicted octanol–water partition coefficient (Wildman–Crippen LogP) is 4.26. The van der Waals surface area contributed by atoms with E-state index in [0.717, 1.165) is 5.69 Å². The second-order valence-corrected chi connectivity index (χ2v) is 7.45. The van der Waals surface area contributed by atoms with Crippen LogP contribution < -0.4 is 9.64 Å². The number of hydrogen-bond donors (Lipinski definition) is 0. The molecule has 0 saturated heterocycles. The highest BCUT2D eigenvalue weighted by atomic mass is 16.5. The molecule has 0 radical (unpaired) electrons. The van der Waals surface area contributed by atoms with Gasteiger partial charge in [-0.15, -0.1) is 0 Å². The van der Waals surface area contributed by atoms with Crippen molar-refractivity contribution in [2.24, 2.45) is 0 Å². The van der Waals surface area contributed by atoms with E-state index in [1.807, 2.05) is 42.5 Å². The summed E-state index contributed by atoms with van der Waals surface area (Å²) in [6.07, 6.45) is 1.58. The molecule has 0 aliphatic heterocycles. The van der Waals surface area contributed by atoms with Gasteiger partial charge >= 0.3 is 5.97 Å². The van der Waals surface area contributed by atoms with E-state index in [0.29, 0.717) is 22.7 Å². The molecule has 4 rings (SSSR count). The van der Waals surface area contributed by atoms with Gasteiger partial charge in [-0.2, -0.15) is 10.4 Å². The number of methoxy groups -OCH3 is 1. The average Bonchev–Trinajstić information content (AvgIpc) is 3.37. The van der Waals surface area contributed by atoms with Gasteiger partial charge in [0.05, 0.1) is 18.9 Å². The van der Waals surface area contributed by atoms with E-state index in [4.69, 9.17) is 14.7 Å². The fraction of sp³-hybridized carbons (Fsp3) is 0.111. The monoisotopic (exact) mass is 466 g/mol. The number of nitrogens with zero attached hydrogens (tertiary/aromatic N) is 4. The van der Waals surface area contributed by atoms with Crippen molar-refractivity contribution in [1.82, 2.24) is 9.78 Å². The second-order valence-electron chi connectivity index (χ2n) is 7.45. The molecule has 35 heavy (non-hydrogen) atoms. The molecule has 1 aromatic heterocycles. The number of hydrogen-bond acceptors (Lipinski definition) is 6. The predicted molar refractivity (Wildman–Crippen MR) is 130 cm³/mol. The molecule has 0 atom stereocenters. The van der Waals surface area contributed by atoms with Crippen LogP contribution in [0.3, 0.4) is 0 Å². The number of carbonyl (C=O) groups is 2. The molecule has 1 heterocycles. The molecule has 0 fully saturated rings. The van der Waals surface area contributed by atoms with E-state index in [1.54, 1.807) is 66.5 Å². The van der Waals surface area contributed by atoms with Crippen LogP contribution in [0.25, 0.3) is 16.9 Å². The lowest BCUT2D eigenvalue weighted by Gasteiger charge is -2.19. The summed E-state index contributed by atoms with van der Waals surface area (Å²) in [5, 5.41) is 13.7. The third-order valence-electron chi connectivity index (χ3n) is 5.24. The Morgan fingerprint density at radius 2 is 1.63 bits per heavy atom. The number of aromatic nitrogens is 2. The van der Waals surface area contributed by atoms with Crippen LogP contribution in [0.2, 0.25) is 0 Å². The number of anilines is 1. The maximum Gasteiger partial charge on any atom is 0.342 e. The highest BCUT2D eigenvalue weighted by Crippen LogP contribution is 2.26. The Kier molecular flexibility index (Phi) is 7.19. The van der Waals surface area contributed by atoms with E-state index in [-0.39, 0.29) is 12.1 Å². The van der Waals surface area contributed by atoms with Crippen molar-refractivity contribution in [2.75, 3.05) is 25.2 Å². The number of benzene rings is 3. The van der Waals surface area contributed by atoms with Gasteiger partial charge in [0.1, 0.15) is 23.6 Å². The molecule has 0 aliphatic rings. The first-order chi connectivity index (χ1) is 17.1. The van der Waals surface area contributed by atoms with Crippen molar-refractivity contribution in [2.45, 2.75) is 0 Å². The van der Waals surface area contributed by atoms with Crippen LogP contribution in [0.5, 0.6) is 5.75 Å². The molecule has 1 amide bonds. The number of para-hydroxylation sites is 2. The van der Waals surface area contributed by atoms with Crippen molar-refractivity contribution >= 4 is 17.6 Å². The minimum absolute atomic E-state index is 0.163. The van der Waals surface area contributed by atoms with Gasteiger partial charge in [-0.1, -0.05) is 36.4 Å². The number of carbonyl (C=O) groups excluding carboxylic acids is 2. The van der Waals surface area contributed by atoms with Crippen LogP contribution >= 0.6 is 0 Å². The van der Waals surface area contributed by atoms with Gasteiger partial charge in [0.25, 0.3) is 5.91 Å². The van der Waals surface area contributed by atoms with Crippen molar-refractivity contribution in [1.29, 1.82) is 5.26 Å². The van der Waals surface area contributed by atoms with Gasteiger partial charge in [0.15, 0.2) is 6.61 Å². The highest BCUT2D eigenvalue weighted by molar-refractivity contribution is 5.99. The number of nitriles is 1. The summed E-state index contributed by atoms with van der Waals surface area (Å²) in [5.74, 6) is -0.534. The summed E-state index contributed by atoms with van der Waals surface area (Å²) < 4.78 is 12.2. The summed E-state index contributed by atoms with van der Waals surface area (Å²) in [6.45, 7) is -0.683. The minimum atomic E-state index is -0.698. The zero-order valence-corrected chi connectivity index (χ0v) is 19.0. The number of esters is 1. The van der Waals surface area contributed by atoms with Gasteiger partial charge in [-0.05, 0) is 48.5 Å². The molecule has 0 aliphatic carbocycles. The van der Waals surface area contributed by atoms with Gasteiger partial charge < -0.3 is 9.47 Å². The number of amides is 1. The van der Waals surface area contributed by atoms with Crippen LogP contribution in [0, 0.1) is 11.3 Å². The third-order valence-corrected chi connectivity index (χ3v) is 5.24. The van der Waals surface area contributed by atoms with Crippen molar-refractivity contribution < 1.29 is 19.1 Å². The topological polar surface area (TPSA) is 97.5 Å². The third kappa shape index (κ3) is 5.37. The van der Waals surface area contributed by atoms with Gasteiger partial charge in [-0.3, -0.25) is 9.69 Å². The molecule has 4 aromatic rings. The normalized spacial score (nSPS) is 10.3. The Hall–Kier alpha value is -4.90. The van der Waals surface area contributed by atoms with Crippen LogP contribution in [0.1, 0.15) is 10.4 Å². The maximum atomic E-state index is 13.1. The molecular weight excluding hydrogens is 444 g/mol. The standard InChI is InChI=1S/C27H22N4O4/c1-34-23-14-12-20(13-15-23)26-24(18-31(29-26)22-10-6-3-7-11-22)27(33)35-19-25(32)30(17-16-28)21-8-4-2-5-9-21/h2-15,18H,17,19H2,1H3. The molecule has 0 N–H and O–H groups in total. The summed E-state index contributed by atoms with van der Waals surface area (Å²) in [4.78, 5) is 27.1. The van der Waals surface area contributed by atoms with E-state index >= 15 is 0 Å². The molecular formula is C27H22N4O4. The molecule has 8 nitrogen and oxygen atoms in total. The minimum Gasteiger partial charge on any atom is -0.497 e. The second kappa shape index (κ2) is 10.8. The van der Waals surface area contributed by atoms with Crippen molar-refractivity contribution in [3.05, 3.63) is 96.7 Å². The zero-order chi connectivity index (χ0) is 24.6. The maximum absolute atomic E-state index is 13.1. The summed E-state index contributed by atoms with van der Waals surface area (Å²) in [7, 11) is 1.57. The highest BCUT2D eigenvalue weighted by Gasteiger charge is 2.23. The molecule has 0 saturated carbocycles. The molecule has 3 aromatic carbocycles. The van der Waals surface area contributed by atoms with Gasteiger partial charge in [0, 0.05) is 17.4 Å². The lowest BCUT2D eigenvalue weighted by molar-refractivity contribution is -0.121. The first-order valence-electron chi connectivity index (χ1n) is 10.8. The summed E-state index contributed by atoms with van der Waals surface area (Å²) >= 11 is 0. The number of rotatable bonds is 8. The Bertz CT molecular complexity index is 1340. The van der Waals surface area contributed by atoms with Crippen LogP contribution in [0.4, 0.5) is 5.69 Å². The Labute approximate surface area is 202 Å². The van der Waals surface area contributed by atoms with E-state index in [2.05, 4.69) is 5.10 Å². The molecule has 0 bridgehead atoms. The average molecular weight is 466 g/mol. The van der Waals surface area contributed by atoms with Crippen LogP contribution in [-0.4, -0.2) is 41.9 Å². The van der Waals surface area contributed by atoms with Crippen molar-refractivity contribution in [3.63, 3.8) is 0 Å². The molecule has 174 valence electrons. The fourth-order valence-electron chi connectivity index (χ4n) is 3.48. The molecule has 0 spiro atoms. The van der Waals surface area contributed by atoms with Crippen LogP contribution in [-0.2, 0) is 9.53 Å². The van der Waals surface area contributed by atoms with Crippen molar-refractivity contribution in [3.8, 4) is 28.8 Å². The van der Waals surface area contributed by atoms with Gasteiger partial charge in [0.2, 0.25) is 0 Å². The first kappa shape index (κ1) is 23.3. The number of ether oxygens (including phenoxy) is 2. The van der Waals surface area contributed by atoms with E-state index in [1.165, 1.54) is 4.90 Å². The largest absolute Gasteiger partial charge is 0.497 e. The Morgan fingerprint density at radius 3 is 2.26 bits per heavy atom. The Balaban J connectivity index is 1.60. The van der Waals surface area contributed by atoms with E-state index < -0.39 is 18.5 Å². The smallest absolute Gasteiger partial charge is 0.342 e. The zero-order valence-electron chi connectivity index (χ0n) is 19.0. The lowest BCUT2D eigenvalue weighted by Crippen LogP contribution is -2.35. The lowest BCUT2D eigenvalue weighted by atomic mass is 10.1. The van der Waals surface area contributed by atoms with Gasteiger partial charge in [-0.25, -0.2) is 9.48 Å². The quantitative estimate of drug-likeness (QED) is 0.284. The van der Waals surface area contributed by atoms with Crippen LogP contribution in [0.15, 0.2) is 91.1 Å². The summed E-state index contributed by atoms with van der Waals surface area (Å²) in [6, 6.07) is 27.2.